The zero-order chi connectivity index (χ0) is 22.7. The molecule has 0 amide bonds. The van der Waals surface area contributed by atoms with Crippen LogP contribution < -0.4 is 0 Å². The first-order chi connectivity index (χ1) is 15.1. The van der Waals surface area contributed by atoms with Crippen LogP contribution in [0.15, 0.2) is 66.9 Å². The molecule has 1 nitrogen and oxygen atoms in total. The summed E-state index contributed by atoms with van der Waals surface area (Å²) in [5.41, 5.74) is 5.76. The molecule has 0 unspecified atom stereocenters. The van der Waals surface area contributed by atoms with E-state index in [9.17, 15) is 0 Å². The van der Waals surface area contributed by atoms with Gasteiger partial charge in [0.2, 0.25) is 0 Å². The monoisotopic (exact) mass is 535 g/mol. The molecule has 0 aliphatic heterocycles. The van der Waals surface area contributed by atoms with Crippen LogP contribution in [-0.4, -0.2) is 25.4 Å². The molecule has 5 aromatic rings. The first kappa shape index (κ1) is 21.7. The quantitative estimate of drug-likeness (QED) is 0.209. The molecule has 2 aromatic heterocycles. The predicted octanol–water partition coefficient (Wildman–Crippen LogP) is 8.15. The first-order valence-electron chi connectivity index (χ1n) is 11.4. The minimum absolute atomic E-state index is 0.0765. The molecule has 0 N–H and O–H groups in total. The Bertz CT molecular complexity index is 1460. The van der Waals surface area contributed by atoms with Gasteiger partial charge in [0.1, 0.15) is 0 Å². The number of rotatable bonds is 2. The Morgan fingerprint density at radius 2 is 1.47 bits per heavy atom. The molecule has 3 aromatic carbocycles. The van der Waals surface area contributed by atoms with Gasteiger partial charge in [-0.2, -0.15) is 0 Å². The SMILES string of the molecule is CC(C)(C)Cc1cccc2c1[te]c1c(-c3cc(C(C)(C)C)c4ccccc4c3)nccc12. The molecule has 162 valence electrons. The Morgan fingerprint density at radius 3 is 2.22 bits per heavy atom. The third-order valence-electron chi connectivity index (χ3n) is 6.16. The van der Waals surface area contributed by atoms with E-state index < -0.39 is 20.4 Å². The molecular weight excluding hydrogens is 502 g/mol. The zero-order valence-electron chi connectivity index (χ0n) is 19.9. The second kappa shape index (κ2) is 7.72. The first-order valence-corrected chi connectivity index (χ1v) is 13.8. The van der Waals surface area contributed by atoms with Crippen molar-refractivity contribution >= 4 is 48.8 Å². The van der Waals surface area contributed by atoms with Gasteiger partial charge in [-0.1, -0.05) is 0 Å². The summed E-state index contributed by atoms with van der Waals surface area (Å²) in [4.78, 5) is 4.97. The molecule has 2 heteroatoms. The predicted molar refractivity (Wildman–Crippen MR) is 141 cm³/mol. The van der Waals surface area contributed by atoms with Gasteiger partial charge in [-0.3, -0.25) is 0 Å². The number of hydrogen-bond donors (Lipinski definition) is 0. The normalized spacial score (nSPS) is 12.8. The molecule has 0 fully saturated rings. The van der Waals surface area contributed by atoms with Crippen molar-refractivity contribution in [1.29, 1.82) is 0 Å². The van der Waals surface area contributed by atoms with E-state index in [2.05, 4.69) is 102 Å². The number of nitrogens with zero attached hydrogens (tertiary/aromatic N) is 1. The fourth-order valence-corrected chi connectivity index (χ4v) is 8.53. The van der Waals surface area contributed by atoms with Gasteiger partial charge in [-0.25, -0.2) is 0 Å². The summed E-state index contributed by atoms with van der Waals surface area (Å²) in [6.07, 6.45) is 3.14. The summed E-state index contributed by atoms with van der Waals surface area (Å²) < 4.78 is 3.12. The third-order valence-corrected chi connectivity index (χ3v) is 9.88. The van der Waals surface area contributed by atoms with Crippen molar-refractivity contribution in [2.45, 2.75) is 53.4 Å². The van der Waals surface area contributed by atoms with E-state index in [0.29, 0.717) is 0 Å². The summed E-state index contributed by atoms with van der Waals surface area (Å²) >= 11 is -0.491. The molecule has 2 heterocycles. The Morgan fingerprint density at radius 1 is 0.750 bits per heavy atom. The number of aromatic nitrogens is 1. The van der Waals surface area contributed by atoms with Gasteiger partial charge in [0, 0.05) is 0 Å². The summed E-state index contributed by atoms with van der Waals surface area (Å²) in [5.74, 6) is 0. The maximum absolute atomic E-state index is 4.97. The second-order valence-corrected chi connectivity index (χ2v) is 14.1. The van der Waals surface area contributed by atoms with Gasteiger partial charge >= 0.3 is 202 Å². The summed E-state index contributed by atoms with van der Waals surface area (Å²) in [6.45, 7) is 13.9. The van der Waals surface area contributed by atoms with Crippen LogP contribution in [0, 0.1) is 5.41 Å². The van der Waals surface area contributed by atoms with E-state index in [1.54, 1.807) is 3.40 Å². The van der Waals surface area contributed by atoms with Gasteiger partial charge in [-0.05, 0) is 0 Å². The molecule has 0 spiro atoms. The molecule has 0 radical (unpaired) electrons. The van der Waals surface area contributed by atoms with Gasteiger partial charge in [0.15, 0.2) is 0 Å². The molecule has 5 rings (SSSR count). The van der Waals surface area contributed by atoms with Gasteiger partial charge in [0.05, 0.1) is 0 Å². The maximum atomic E-state index is 4.97. The number of benzene rings is 3. The standard InChI is InChI=1S/C30H31NTe/c1-29(2,3)18-20-11-9-13-23-24-14-15-31-26(28(24)32-27(20)23)21-16-19-10-7-8-12-22(19)25(17-21)30(4,5)6/h7-17H,18H2,1-6H3. The van der Waals surface area contributed by atoms with E-state index in [1.807, 2.05) is 6.20 Å². The van der Waals surface area contributed by atoms with E-state index in [0.717, 1.165) is 6.42 Å². The van der Waals surface area contributed by atoms with E-state index in [4.69, 9.17) is 4.98 Å². The number of fused-ring (bicyclic) bond motifs is 4. The van der Waals surface area contributed by atoms with Crippen molar-refractivity contribution < 1.29 is 0 Å². The topological polar surface area (TPSA) is 12.9 Å². The van der Waals surface area contributed by atoms with E-state index in [1.165, 1.54) is 47.3 Å². The van der Waals surface area contributed by atoms with Crippen molar-refractivity contribution in [3.63, 3.8) is 0 Å². The molecular formula is C30H31NTe. The fourth-order valence-electron chi connectivity index (χ4n) is 4.77. The van der Waals surface area contributed by atoms with E-state index >= 15 is 0 Å². The molecule has 0 atom stereocenters. The van der Waals surface area contributed by atoms with Crippen LogP contribution in [0.25, 0.3) is 39.6 Å². The molecule has 0 bridgehead atoms. The van der Waals surface area contributed by atoms with Crippen LogP contribution in [0.5, 0.6) is 0 Å². The number of hydrogen-bond acceptors (Lipinski definition) is 1. The van der Waals surface area contributed by atoms with Crippen molar-refractivity contribution in [3.8, 4) is 11.3 Å². The average Bonchev–Trinajstić information content (AvgIpc) is 3.11. The van der Waals surface area contributed by atoms with E-state index in [-0.39, 0.29) is 10.8 Å². The molecule has 0 aliphatic rings. The molecule has 0 aliphatic carbocycles. The second-order valence-electron chi connectivity index (χ2n) is 11.2. The molecule has 0 saturated carbocycles. The van der Waals surface area contributed by atoms with Crippen molar-refractivity contribution in [2.24, 2.45) is 5.41 Å². The van der Waals surface area contributed by atoms with Crippen LogP contribution in [0.1, 0.15) is 52.7 Å². The van der Waals surface area contributed by atoms with Crippen LogP contribution in [0.3, 0.4) is 0 Å². The Balaban J connectivity index is 1.80. The molecule has 32 heavy (non-hydrogen) atoms. The van der Waals surface area contributed by atoms with Crippen molar-refractivity contribution in [3.05, 3.63) is 78.0 Å². The van der Waals surface area contributed by atoms with Gasteiger partial charge < -0.3 is 0 Å². The summed E-state index contributed by atoms with van der Waals surface area (Å²) in [5, 5.41) is 5.51. The van der Waals surface area contributed by atoms with Gasteiger partial charge in [-0.15, -0.1) is 0 Å². The Hall–Kier alpha value is -2.14. The Labute approximate surface area is 201 Å². The Kier molecular flexibility index (Phi) is 5.23. The van der Waals surface area contributed by atoms with Crippen LogP contribution in [0.2, 0.25) is 0 Å². The zero-order valence-corrected chi connectivity index (χ0v) is 22.2. The van der Waals surface area contributed by atoms with Gasteiger partial charge in [0.25, 0.3) is 0 Å². The average molecular weight is 533 g/mol. The molecule has 0 saturated heterocycles. The number of pyridine rings is 1. The van der Waals surface area contributed by atoms with Crippen LogP contribution >= 0.6 is 0 Å². The van der Waals surface area contributed by atoms with Crippen molar-refractivity contribution in [2.75, 3.05) is 0 Å². The van der Waals surface area contributed by atoms with Crippen LogP contribution in [0.4, 0.5) is 0 Å². The summed E-state index contributed by atoms with van der Waals surface area (Å²) in [6, 6.07) is 22.7. The third kappa shape index (κ3) is 3.89. The van der Waals surface area contributed by atoms with Crippen molar-refractivity contribution in [1.82, 2.24) is 4.98 Å². The van der Waals surface area contributed by atoms with Crippen LogP contribution in [-0.2, 0) is 11.8 Å². The minimum atomic E-state index is -0.491. The fraction of sp³-hybridized carbons (Fsp3) is 0.300. The summed E-state index contributed by atoms with van der Waals surface area (Å²) in [7, 11) is 0.